The van der Waals surface area contributed by atoms with Gasteiger partial charge in [-0.2, -0.15) is 0 Å². The third kappa shape index (κ3) is 5.74. The van der Waals surface area contributed by atoms with Gasteiger partial charge in [0.15, 0.2) is 23.1 Å². The van der Waals surface area contributed by atoms with E-state index in [9.17, 15) is 14.4 Å². The summed E-state index contributed by atoms with van der Waals surface area (Å²) in [5.41, 5.74) is 1.65. The molecule has 1 spiro atoms. The van der Waals surface area contributed by atoms with Gasteiger partial charge in [-0.25, -0.2) is 4.79 Å². The van der Waals surface area contributed by atoms with E-state index in [0.29, 0.717) is 53.8 Å². The first kappa shape index (κ1) is 33.5. The molecule has 1 aliphatic heterocycles. The Bertz CT molecular complexity index is 2040. The molecule has 1 saturated heterocycles. The lowest BCUT2D eigenvalue weighted by Gasteiger charge is -2.35. The van der Waals surface area contributed by atoms with Gasteiger partial charge in [0.05, 0.1) is 5.56 Å². The molecule has 0 saturated carbocycles. The second kappa shape index (κ2) is 12.7. The maximum Gasteiger partial charge on any atom is 0.514 e. The predicted molar refractivity (Wildman–Crippen MR) is 184 cm³/mol. The molecule has 2 heterocycles. The van der Waals surface area contributed by atoms with Gasteiger partial charge in [0.25, 0.3) is 5.88 Å². The van der Waals surface area contributed by atoms with Gasteiger partial charge < -0.3 is 34.1 Å². The number of allylic oxidation sites excluding steroid dienone is 1. The van der Waals surface area contributed by atoms with Crippen molar-refractivity contribution in [2.75, 3.05) is 21.1 Å². The van der Waals surface area contributed by atoms with Crippen LogP contribution in [-0.4, -0.2) is 55.2 Å². The molecule has 1 unspecified atom stereocenters. The maximum atomic E-state index is 14.6. The van der Waals surface area contributed by atoms with Gasteiger partial charge in [-0.15, -0.1) is 0 Å². The van der Waals surface area contributed by atoms with Crippen molar-refractivity contribution in [2.24, 2.45) is 11.8 Å². The van der Waals surface area contributed by atoms with Gasteiger partial charge in [0, 0.05) is 29.8 Å². The number of benzene rings is 3. The zero-order valence-corrected chi connectivity index (χ0v) is 29.1. The summed E-state index contributed by atoms with van der Waals surface area (Å²) in [6, 6.07) is 17.5. The molecule has 50 heavy (non-hydrogen) atoms. The van der Waals surface area contributed by atoms with Crippen LogP contribution >= 0.6 is 0 Å². The first-order valence-corrected chi connectivity index (χ1v) is 16.9. The van der Waals surface area contributed by atoms with Crippen molar-refractivity contribution in [2.45, 2.75) is 64.4 Å². The molecule has 260 valence electrons. The van der Waals surface area contributed by atoms with Gasteiger partial charge in [0.2, 0.25) is 11.4 Å². The third-order valence-corrected chi connectivity index (χ3v) is 9.44. The second-order valence-corrected chi connectivity index (χ2v) is 14.2. The van der Waals surface area contributed by atoms with E-state index < -0.39 is 17.4 Å². The molecule has 8 rings (SSSR count). The lowest BCUT2D eigenvalue weighted by atomic mass is 9.63. The molecule has 11 heteroatoms. The molecule has 3 atom stereocenters. The fraction of sp³-hybridized carbons (Fsp3) is 0.385. The average molecular weight is 680 g/mol. The highest BCUT2D eigenvalue weighted by Crippen LogP contribution is 2.63. The zero-order chi connectivity index (χ0) is 35.4. The van der Waals surface area contributed by atoms with E-state index in [1.807, 2.05) is 75.7 Å². The number of carbonyl (C=O) groups is 3. The second-order valence-electron chi connectivity index (χ2n) is 14.2. The minimum atomic E-state index is -1.26. The fourth-order valence-electron chi connectivity index (χ4n) is 7.46. The van der Waals surface area contributed by atoms with Crippen molar-refractivity contribution in [1.82, 2.24) is 15.8 Å². The Morgan fingerprint density at radius 1 is 1.00 bits per heavy atom. The van der Waals surface area contributed by atoms with Gasteiger partial charge >= 0.3 is 6.16 Å². The molecule has 0 bridgehead atoms. The fourth-order valence-corrected chi connectivity index (χ4v) is 7.46. The summed E-state index contributed by atoms with van der Waals surface area (Å²) >= 11 is 0. The predicted octanol–water partition coefficient (Wildman–Crippen LogP) is 6.11. The number of carbonyl (C=O) groups excluding carboxylic acids is 3. The lowest BCUT2D eigenvalue weighted by Crippen LogP contribution is -2.44. The van der Waals surface area contributed by atoms with E-state index in [1.54, 1.807) is 20.8 Å². The highest BCUT2D eigenvalue weighted by molar-refractivity contribution is 6.19. The van der Waals surface area contributed by atoms with Gasteiger partial charge in [-0.1, -0.05) is 48.5 Å². The Labute approximate surface area is 290 Å². The van der Waals surface area contributed by atoms with Crippen LogP contribution in [0.4, 0.5) is 4.79 Å². The van der Waals surface area contributed by atoms with E-state index in [1.165, 1.54) is 0 Å². The number of ether oxygens (including phenoxy) is 4. The molecule has 1 fully saturated rings. The largest absolute Gasteiger partial charge is 0.514 e. The van der Waals surface area contributed by atoms with Crippen molar-refractivity contribution >= 4 is 28.5 Å². The molecule has 0 radical (unpaired) electrons. The summed E-state index contributed by atoms with van der Waals surface area (Å²) in [6.45, 7) is 6.07. The summed E-state index contributed by atoms with van der Waals surface area (Å²) in [7, 11) is 5.60. The first-order chi connectivity index (χ1) is 24.0. The molecular formula is C39H41N3O8. The van der Waals surface area contributed by atoms with Crippen LogP contribution in [-0.2, 0) is 35.5 Å². The number of ketones is 2. The van der Waals surface area contributed by atoms with E-state index >= 15 is 0 Å². The molecule has 1 aromatic heterocycles. The Kier molecular flexibility index (Phi) is 8.52. The summed E-state index contributed by atoms with van der Waals surface area (Å²) in [6.07, 6.45) is 0.623. The van der Waals surface area contributed by atoms with Crippen LogP contribution in [0, 0.1) is 11.8 Å². The third-order valence-electron chi connectivity index (χ3n) is 9.44. The van der Waals surface area contributed by atoms with Crippen molar-refractivity contribution < 1.29 is 37.9 Å². The molecule has 0 amide bonds. The molecule has 2 N–H and O–H groups in total. The van der Waals surface area contributed by atoms with Crippen LogP contribution in [0.3, 0.4) is 0 Å². The number of Topliss-reactive ketones (excluding diaryl/α,β-unsaturated/α-hetero) is 2. The molecular weight excluding hydrogens is 638 g/mol. The van der Waals surface area contributed by atoms with Crippen LogP contribution in [0.15, 0.2) is 70.5 Å². The highest BCUT2D eigenvalue weighted by atomic mass is 16.7. The number of nitrogens with zero attached hydrogens (tertiary/aromatic N) is 1. The minimum Gasteiger partial charge on any atom is -0.470 e. The Hall–Kier alpha value is -5.00. The SMILES string of the molecule is CNC.CNCc1ccc2cc3c(c(OC(=O)OC(C)(C)C)c2c1)C(=O)C1=C2O[C@]24C(=O)c2c(OCc5ccccc5)noc2C[C@@H]4CC1C3. The van der Waals surface area contributed by atoms with Crippen molar-refractivity contribution in [3.63, 3.8) is 0 Å². The Morgan fingerprint density at radius 2 is 1.76 bits per heavy atom. The Balaban J connectivity index is 0.00000126. The number of epoxide rings is 1. The maximum absolute atomic E-state index is 14.6. The van der Waals surface area contributed by atoms with E-state index in [4.69, 9.17) is 23.5 Å². The van der Waals surface area contributed by atoms with Crippen molar-refractivity contribution in [1.29, 1.82) is 0 Å². The number of rotatable bonds is 6. The van der Waals surface area contributed by atoms with Crippen LogP contribution in [0.1, 0.15) is 70.4 Å². The van der Waals surface area contributed by atoms with Crippen LogP contribution in [0.2, 0.25) is 0 Å². The van der Waals surface area contributed by atoms with Gasteiger partial charge in [0.1, 0.15) is 17.8 Å². The molecule has 4 aromatic rings. The number of aromatic nitrogens is 1. The van der Waals surface area contributed by atoms with Crippen LogP contribution in [0.5, 0.6) is 11.6 Å². The standard InChI is InChI=1S/C37H34N2O8.C2H7N/c1-36(2,3)46-35(42)44-31-25-12-20(17-38-4)10-11-21(25)13-22-14-23-15-24-16-26-29(34(39-47-26)43-18-19-8-6-5-7-9-19)32(41)37(24)33(45-37)28(23)30(40)27(22)31;1-3-2/h5-13,23-24,38H,14-18H2,1-4H3;3H,1-2H3/t23?,24-,37+;/m0./s1. The average Bonchev–Trinajstić information content (AvgIpc) is 3.69. The lowest BCUT2D eigenvalue weighted by molar-refractivity contribution is 0.0208. The van der Waals surface area contributed by atoms with Gasteiger partial charge in [-0.05, 0) is 94.0 Å². The minimum absolute atomic E-state index is 0.126. The summed E-state index contributed by atoms with van der Waals surface area (Å²) in [4.78, 5) is 41.8. The Morgan fingerprint density at radius 3 is 2.48 bits per heavy atom. The topological polar surface area (TPSA) is 142 Å². The van der Waals surface area contributed by atoms with Crippen molar-refractivity contribution in [3.05, 3.63) is 99.5 Å². The highest BCUT2D eigenvalue weighted by Gasteiger charge is 2.72. The number of nitrogens with one attached hydrogen (secondary N) is 2. The van der Waals surface area contributed by atoms with Crippen LogP contribution in [0.25, 0.3) is 10.8 Å². The van der Waals surface area contributed by atoms with Gasteiger partial charge in [-0.3, -0.25) is 9.59 Å². The monoisotopic (exact) mass is 679 g/mol. The molecule has 3 aromatic carbocycles. The van der Waals surface area contributed by atoms with E-state index in [-0.39, 0.29) is 47.2 Å². The normalized spacial score (nSPS) is 21.4. The quantitative estimate of drug-likeness (QED) is 0.138. The zero-order valence-electron chi connectivity index (χ0n) is 29.1. The molecule has 3 aliphatic carbocycles. The summed E-state index contributed by atoms with van der Waals surface area (Å²) in [5.74, 6) is 0.175. The summed E-state index contributed by atoms with van der Waals surface area (Å²) in [5, 5.41) is 11.5. The van der Waals surface area contributed by atoms with Crippen molar-refractivity contribution in [3.8, 4) is 11.6 Å². The first-order valence-electron chi connectivity index (χ1n) is 16.9. The summed E-state index contributed by atoms with van der Waals surface area (Å²) < 4.78 is 29.2. The van der Waals surface area contributed by atoms with E-state index in [0.717, 1.165) is 22.1 Å². The number of fused-ring (bicyclic) bond motifs is 4. The molecule has 11 nitrogen and oxygen atoms in total. The smallest absolute Gasteiger partial charge is 0.470 e. The number of hydrogen-bond acceptors (Lipinski definition) is 11. The van der Waals surface area contributed by atoms with E-state index in [2.05, 4.69) is 15.8 Å². The molecule has 4 aliphatic rings. The number of hydrogen-bond donors (Lipinski definition) is 2. The van der Waals surface area contributed by atoms with Crippen LogP contribution < -0.4 is 20.1 Å².